The Bertz CT molecular complexity index is 1090. The van der Waals surface area contributed by atoms with Crippen molar-refractivity contribution >= 4 is 28.1 Å². The number of rotatable bonds is 6. The van der Waals surface area contributed by atoms with Gasteiger partial charge < -0.3 is 10.4 Å². The second kappa shape index (κ2) is 9.92. The van der Waals surface area contributed by atoms with Crippen molar-refractivity contribution in [2.75, 3.05) is 11.9 Å². The first-order chi connectivity index (χ1) is 15.7. The second-order valence-corrected chi connectivity index (χ2v) is 9.47. The molecular formula is C22H23ClF3N5OS. The molecular weight excluding hydrogens is 475 g/mol. The Hall–Kier alpha value is -2.27. The number of benzene rings is 1. The van der Waals surface area contributed by atoms with Crippen LogP contribution in [0.5, 0.6) is 0 Å². The van der Waals surface area contributed by atoms with Gasteiger partial charge in [-0.05, 0) is 38.4 Å². The predicted molar refractivity (Wildman–Crippen MR) is 122 cm³/mol. The molecule has 3 aromatic rings. The van der Waals surface area contributed by atoms with Crippen LogP contribution in [-0.2, 0) is 12.7 Å². The van der Waals surface area contributed by atoms with E-state index < -0.39 is 18.0 Å². The standard InChI is InChI=1S/C22H23ClF3N5OS/c1-13-5-2-3-8-31(13)12-17-19(14-6-4-7-15(9-14)22(24,25)26)29-21(33-17)30-20(32)16-10-28-18(23)11-27-16/h4,6-7,9-11,13,20,32H,2-3,5,8,12H2,1H3,(H,29,30)/t13-,20?/m1/s1. The zero-order chi connectivity index (χ0) is 23.6. The summed E-state index contributed by atoms with van der Waals surface area (Å²) in [5.41, 5.74) is 0.382. The molecule has 0 bridgehead atoms. The van der Waals surface area contributed by atoms with Crippen molar-refractivity contribution in [2.45, 2.75) is 51.2 Å². The van der Waals surface area contributed by atoms with Crippen molar-refractivity contribution in [1.82, 2.24) is 19.9 Å². The molecule has 0 saturated carbocycles. The lowest BCUT2D eigenvalue weighted by Crippen LogP contribution is -2.36. The highest BCUT2D eigenvalue weighted by atomic mass is 35.5. The molecule has 1 saturated heterocycles. The van der Waals surface area contributed by atoms with Gasteiger partial charge in [0.05, 0.1) is 23.7 Å². The number of halogens is 4. The van der Waals surface area contributed by atoms with Crippen molar-refractivity contribution in [2.24, 2.45) is 0 Å². The van der Waals surface area contributed by atoms with Gasteiger partial charge in [0, 0.05) is 23.0 Å². The largest absolute Gasteiger partial charge is 0.416 e. The summed E-state index contributed by atoms with van der Waals surface area (Å²) in [5, 5.41) is 14.0. The topological polar surface area (TPSA) is 74.2 Å². The van der Waals surface area contributed by atoms with Crippen molar-refractivity contribution in [1.29, 1.82) is 0 Å². The van der Waals surface area contributed by atoms with Gasteiger partial charge >= 0.3 is 6.18 Å². The van der Waals surface area contributed by atoms with Gasteiger partial charge in [-0.3, -0.25) is 9.88 Å². The van der Waals surface area contributed by atoms with Crippen LogP contribution >= 0.6 is 22.9 Å². The number of alkyl halides is 3. The minimum Gasteiger partial charge on any atom is -0.368 e. The van der Waals surface area contributed by atoms with Crippen molar-refractivity contribution < 1.29 is 18.3 Å². The average Bonchev–Trinajstić information content (AvgIpc) is 3.17. The maximum atomic E-state index is 13.3. The lowest BCUT2D eigenvalue weighted by atomic mass is 10.0. The van der Waals surface area contributed by atoms with E-state index >= 15 is 0 Å². The van der Waals surface area contributed by atoms with Gasteiger partial charge in [0.15, 0.2) is 11.4 Å². The van der Waals surface area contributed by atoms with Gasteiger partial charge in [-0.2, -0.15) is 13.2 Å². The fraction of sp³-hybridized carbons (Fsp3) is 0.409. The molecule has 1 aliphatic rings. The quantitative estimate of drug-likeness (QED) is 0.422. The summed E-state index contributed by atoms with van der Waals surface area (Å²) in [6.45, 7) is 3.65. The van der Waals surface area contributed by atoms with Gasteiger partial charge in [-0.1, -0.05) is 30.2 Å². The highest BCUT2D eigenvalue weighted by Gasteiger charge is 2.31. The predicted octanol–water partition coefficient (Wildman–Crippen LogP) is 5.75. The summed E-state index contributed by atoms with van der Waals surface area (Å²) >= 11 is 7.06. The molecule has 0 amide bonds. The van der Waals surface area contributed by atoms with Crippen LogP contribution in [0.1, 0.15) is 48.5 Å². The summed E-state index contributed by atoms with van der Waals surface area (Å²) in [6.07, 6.45) is 0.355. The Kier molecular flexibility index (Phi) is 7.18. The number of anilines is 1. The van der Waals surface area contributed by atoms with E-state index in [-0.39, 0.29) is 10.8 Å². The Morgan fingerprint density at radius 1 is 1.27 bits per heavy atom. The van der Waals surface area contributed by atoms with Crippen molar-refractivity contribution in [3.63, 3.8) is 0 Å². The summed E-state index contributed by atoms with van der Waals surface area (Å²) in [5.74, 6) is 0. The van der Waals surface area contributed by atoms with E-state index in [0.29, 0.717) is 29.0 Å². The molecule has 1 fully saturated rings. The van der Waals surface area contributed by atoms with E-state index in [9.17, 15) is 18.3 Å². The number of nitrogens with zero attached hydrogens (tertiary/aromatic N) is 4. The second-order valence-electron chi connectivity index (χ2n) is 8.00. The van der Waals surface area contributed by atoms with Gasteiger partial charge in [0.2, 0.25) is 0 Å². The van der Waals surface area contributed by atoms with Crippen LogP contribution in [0.15, 0.2) is 36.7 Å². The number of thiazole rings is 1. The molecule has 3 heterocycles. The maximum absolute atomic E-state index is 13.3. The molecule has 0 aliphatic carbocycles. The van der Waals surface area contributed by atoms with E-state index in [1.807, 2.05) is 0 Å². The first-order valence-corrected chi connectivity index (χ1v) is 11.7. The number of piperidine rings is 1. The van der Waals surface area contributed by atoms with E-state index in [1.165, 1.54) is 36.2 Å². The van der Waals surface area contributed by atoms with Crippen molar-refractivity contribution in [3.05, 3.63) is 57.9 Å². The smallest absolute Gasteiger partial charge is 0.368 e. The number of hydrogen-bond donors (Lipinski definition) is 2. The summed E-state index contributed by atoms with van der Waals surface area (Å²) in [6, 6.07) is 5.54. The summed E-state index contributed by atoms with van der Waals surface area (Å²) in [7, 11) is 0. The molecule has 33 heavy (non-hydrogen) atoms. The zero-order valence-electron chi connectivity index (χ0n) is 17.8. The third-order valence-electron chi connectivity index (χ3n) is 5.63. The zero-order valence-corrected chi connectivity index (χ0v) is 19.4. The number of aliphatic hydroxyl groups is 1. The van der Waals surface area contributed by atoms with Crippen LogP contribution in [-0.4, -0.2) is 37.5 Å². The Balaban J connectivity index is 1.66. The molecule has 6 nitrogen and oxygen atoms in total. The third-order valence-corrected chi connectivity index (χ3v) is 6.80. The number of hydrogen-bond acceptors (Lipinski definition) is 7. The Morgan fingerprint density at radius 3 is 2.79 bits per heavy atom. The molecule has 1 aliphatic heterocycles. The van der Waals surface area contributed by atoms with Crippen LogP contribution in [0.3, 0.4) is 0 Å². The molecule has 176 valence electrons. The van der Waals surface area contributed by atoms with Gasteiger partial charge in [-0.15, -0.1) is 11.3 Å². The van der Waals surface area contributed by atoms with E-state index in [1.54, 1.807) is 6.07 Å². The van der Waals surface area contributed by atoms with Crippen LogP contribution in [0, 0.1) is 0 Å². The van der Waals surface area contributed by atoms with E-state index in [2.05, 4.69) is 32.1 Å². The fourth-order valence-electron chi connectivity index (χ4n) is 3.82. The van der Waals surface area contributed by atoms with Gasteiger partial charge in [0.1, 0.15) is 10.8 Å². The monoisotopic (exact) mass is 497 g/mol. The van der Waals surface area contributed by atoms with Crippen LogP contribution < -0.4 is 5.32 Å². The van der Waals surface area contributed by atoms with Crippen LogP contribution in [0.2, 0.25) is 5.15 Å². The Morgan fingerprint density at radius 2 is 2.09 bits per heavy atom. The normalized spacial score (nSPS) is 18.3. The molecule has 2 N–H and O–H groups in total. The fourth-order valence-corrected chi connectivity index (χ4v) is 4.95. The third kappa shape index (κ3) is 5.81. The molecule has 11 heteroatoms. The molecule has 1 unspecified atom stereocenters. The van der Waals surface area contributed by atoms with Gasteiger partial charge in [-0.25, -0.2) is 9.97 Å². The molecule has 0 spiro atoms. The number of likely N-dealkylation sites (tertiary alicyclic amines) is 1. The van der Waals surface area contributed by atoms with Crippen molar-refractivity contribution in [3.8, 4) is 11.3 Å². The molecule has 0 radical (unpaired) electrons. The number of aromatic nitrogens is 3. The molecule has 1 aromatic carbocycles. The number of nitrogens with one attached hydrogen (secondary N) is 1. The summed E-state index contributed by atoms with van der Waals surface area (Å²) in [4.78, 5) is 15.7. The summed E-state index contributed by atoms with van der Waals surface area (Å²) < 4.78 is 39.9. The van der Waals surface area contributed by atoms with E-state index in [4.69, 9.17) is 11.6 Å². The highest BCUT2D eigenvalue weighted by Crippen LogP contribution is 2.37. The number of aliphatic hydroxyl groups excluding tert-OH is 1. The minimum atomic E-state index is -4.45. The lowest BCUT2D eigenvalue weighted by molar-refractivity contribution is -0.137. The minimum absolute atomic E-state index is 0.199. The average molecular weight is 498 g/mol. The van der Waals surface area contributed by atoms with E-state index in [0.717, 1.165) is 36.4 Å². The first-order valence-electron chi connectivity index (χ1n) is 10.5. The van der Waals surface area contributed by atoms with Crippen LogP contribution in [0.25, 0.3) is 11.3 Å². The molecule has 2 aromatic heterocycles. The van der Waals surface area contributed by atoms with Gasteiger partial charge in [0.25, 0.3) is 0 Å². The first kappa shape index (κ1) is 23.9. The van der Waals surface area contributed by atoms with Crippen LogP contribution in [0.4, 0.5) is 18.3 Å². The SMILES string of the molecule is C[C@@H]1CCCCN1Cc1sc(NC(O)c2cnc(Cl)cn2)nc1-c1cccc(C(F)(F)F)c1. The molecule has 4 rings (SSSR count). The maximum Gasteiger partial charge on any atom is 0.416 e. The Labute approximate surface area is 198 Å². The highest BCUT2D eigenvalue weighted by molar-refractivity contribution is 7.16. The lowest BCUT2D eigenvalue weighted by Gasteiger charge is -2.33. The molecule has 2 atom stereocenters.